The third kappa shape index (κ3) is 2.34. The van der Waals surface area contributed by atoms with Gasteiger partial charge in [-0.1, -0.05) is 0 Å². The van der Waals surface area contributed by atoms with Gasteiger partial charge in [-0.05, 0) is 25.0 Å². The fraction of sp³-hybridized carbons (Fsp3) is 0.308. The standard InChI is InChI=1S/C13H13F2N3/c14-9-3-10(15)5-11(4-9)17-7-13-6-16-8-18(13)12-1-2-12/h3-6,8,12,17H,1-2,7H2. The van der Waals surface area contributed by atoms with E-state index in [1.54, 1.807) is 12.5 Å². The van der Waals surface area contributed by atoms with Gasteiger partial charge in [0.25, 0.3) is 0 Å². The van der Waals surface area contributed by atoms with Crippen LogP contribution in [0.25, 0.3) is 0 Å². The van der Waals surface area contributed by atoms with E-state index in [9.17, 15) is 8.78 Å². The second-order valence-corrected chi connectivity index (χ2v) is 4.54. The van der Waals surface area contributed by atoms with E-state index in [0.29, 0.717) is 18.3 Å². The molecule has 0 spiro atoms. The zero-order chi connectivity index (χ0) is 12.5. The molecule has 1 N–H and O–H groups in total. The van der Waals surface area contributed by atoms with Gasteiger partial charge in [0.1, 0.15) is 11.6 Å². The van der Waals surface area contributed by atoms with Gasteiger partial charge in [-0.2, -0.15) is 0 Å². The Labute approximate surface area is 103 Å². The zero-order valence-corrected chi connectivity index (χ0v) is 9.74. The Balaban J connectivity index is 1.71. The van der Waals surface area contributed by atoms with E-state index >= 15 is 0 Å². The fourth-order valence-corrected chi connectivity index (χ4v) is 2.00. The van der Waals surface area contributed by atoms with Gasteiger partial charge in [0.2, 0.25) is 0 Å². The highest BCUT2D eigenvalue weighted by Gasteiger charge is 2.24. The molecule has 3 rings (SSSR count). The largest absolute Gasteiger partial charge is 0.379 e. The molecule has 1 saturated carbocycles. The van der Waals surface area contributed by atoms with Crippen molar-refractivity contribution in [3.8, 4) is 0 Å². The molecule has 0 atom stereocenters. The molecule has 0 aliphatic heterocycles. The van der Waals surface area contributed by atoms with Gasteiger partial charge >= 0.3 is 0 Å². The predicted octanol–water partition coefficient (Wildman–Crippen LogP) is 3.11. The van der Waals surface area contributed by atoms with Crippen LogP contribution in [0.15, 0.2) is 30.7 Å². The van der Waals surface area contributed by atoms with Crippen molar-refractivity contribution in [2.75, 3.05) is 5.32 Å². The molecular weight excluding hydrogens is 236 g/mol. The van der Waals surface area contributed by atoms with Crippen molar-refractivity contribution < 1.29 is 8.78 Å². The molecular formula is C13H13F2N3. The topological polar surface area (TPSA) is 29.9 Å². The lowest BCUT2D eigenvalue weighted by Gasteiger charge is -2.09. The maximum absolute atomic E-state index is 13.0. The van der Waals surface area contributed by atoms with Crippen LogP contribution in [0.1, 0.15) is 24.6 Å². The molecule has 1 aliphatic carbocycles. The summed E-state index contributed by atoms with van der Waals surface area (Å²) in [5.41, 5.74) is 1.47. The molecule has 3 nitrogen and oxygen atoms in total. The predicted molar refractivity (Wildman–Crippen MR) is 64.2 cm³/mol. The third-order valence-electron chi connectivity index (χ3n) is 3.02. The van der Waals surface area contributed by atoms with E-state index in [1.165, 1.54) is 25.0 Å². The molecule has 2 aromatic rings. The molecule has 0 saturated heterocycles. The van der Waals surface area contributed by atoms with Gasteiger partial charge in [-0.15, -0.1) is 0 Å². The Hall–Kier alpha value is -1.91. The average Bonchev–Trinajstić information content (AvgIpc) is 3.05. The second kappa shape index (κ2) is 4.40. The van der Waals surface area contributed by atoms with E-state index < -0.39 is 11.6 Å². The summed E-state index contributed by atoms with van der Waals surface area (Å²) < 4.78 is 28.1. The Bertz CT molecular complexity index is 541. The summed E-state index contributed by atoms with van der Waals surface area (Å²) in [6.45, 7) is 0.513. The number of halogens is 2. The summed E-state index contributed by atoms with van der Waals surface area (Å²) in [4.78, 5) is 4.11. The molecule has 0 amide bonds. The van der Waals surface area contributed by atoms with Crippen LogP contribution >= 0.6 is 0 Å². The Morgan fingerprint density at radius 1 is 1.22 bits per heavy atom. The van der Waals surface area contributed by atoms with Crippen LogP contribution in [0, 0.1) is 11.6 Å². The molecule has 18 heavy (non-hydrogen) atoms. The van der Waals surface area contributed by atoms with Crippen LogP contribution in [0.4, 0.5) is 14.5 Å². The Morgan fingerprint density at radius 2 is 1.94 bits per heavy atom. The first kappa shape index (κ1) is 11.2. The maximum Gasteiger partial charge on any atom is 0.128 e. The summed E-state index contributed by atoms with van der Waals surface area (Å²) in [7, 11) is 0. The van der Waals surface area contributed by atoms with Gasteiger partial charge in [0.15, 0.2) is 0 Å². The number of nitrogens with zero attached hydrogens (tertiary/aromatic N) is 2. The minimum Gasteiger partial charge on any atom is -0.379 e. The second-order valence-electron chi connectivity index (χ2n) is 4.54. The van der Waals surface area contributed by atoms with Gasteiger partial charge in [0, 0.05) is 24.0 Å². The number of nitrogens with one attached hydrogen (secondary N) is 1. The van der Waals surface area contributed by atoms with Gasteiger partial charge in [0.05, 0.1) is 18.6 Å². The van der Waals surface area contributed by atoms with Gasteiger partial charge < -0.3 is 9.88 Å². The third-order valence-corrected chi connectivity index (χ3v) is 3.02. The summed E-state index contributed by atoms with van der Waals surface area (Å²) in [5.74, 6) is -1.15. The fourth-order valence-electron chi connectivity index (χ4n) is 2.00. The smallest absolute Gasteiger partial charge is 0.128 e. The van der Waals surface area contributed by atoms with E-state index in [-0.39, 0.29) is 0 Å². The van der Waals surface area contributed by atoms with E-state index in [2.05, 4.69) is 14.9 Å². The first-order valence-corrected chi connectivity index (χ1v) is 5.93. The van der Waals surface area contributed by atoms with Crippen molar-refractivity contribution in [2.24, 2.45) is 0 Å². The van der Waals surface area contributed by atoms with Crippen LogP contribution in [-0.4, -0.2) is 9.55 Å². The molecule has 1 aromatic heterocycles. The van der Waals surface area contributed by atoms with Crippen molar-refractivity contribution in [3.63, 3.8) is 0 Å². The van der Waals surface area contributed by atoms with E-state index in [0.717, 1.165) is 11.8 Å². The van der Waals surface area contributed by atoms with Crippen LogP contribution in [0.2, 0.25) is 0 Å². The monoisotopic (exact) mass is 249 g/mol. The minimum atomic E-state index is -0.576. The summed E-state index contributed by atoms with van der Waals surface area (Å²) in [6, 6.07) is 3.97. The number of aromatic nitrogens is 2. The first-order chi connectivity index (χ1) is 8.72. The lowest BCUT2D eigenvalue weighted by molar-refractivity contribution is 0.584. The molecule has 1 aromatic carbocycles. The number of benzene rings is 1. The van der Waals surface area contributed by atoms with Crippen LogP contribution in [0.5, 0.6) is 0 Å². The molecule has 94 valence electrons. The van der Waals surface area contributed by atoms with Crippen LogP contribution < -0.4 is 5.32 Å². The summed E-state index contributed by atoms with van der Waals surface area (Å²) in [5, 5.41) is 3.01. The Kier molecular flexibility index (Phi) is 2.74. The first-order valence-electron chi connectivity index (χ1n) is 5.93. The molecule has 0 bridgehead atoms. The van der Waals surface area contributed by atoms with Crippen LogP contribution in [0.3, 0.4) is 0 Å². The SMILES string of the molecule is Fc1cc(F)cc(NCc2cncn2C2CC2)c1. The van der Waals surface area contributed by atoms with E-state index in [4.69, 9.17) is 0 Å². The van der Waals surface area contributed by atoms with Crippen molar-refractivity contribution in [1.82, 2.24) is 9.55 Å². The molecule has 0 radical (unpaired) electrons. The quantitative estimate of drug-likeness (QED) is 0.902. The molecule has 1 fully saturated rings. The number of imidazole rings is 1. The normalized spacial score (nSPS) is 14.8. The lowest BCUT2D eigenvalue weighted by Crippen LogP contribution is -2.06. The van der Waals surface area contributed by atoms with Crippen LogP contribution in [-0.2, 0) is 6.54 Å². The number of rotatable bonds is 4. The summed E-state index contributed by atoms with van der Waals surface area (Å²) >= 11 is 0. The number of hydrogen-bond acceptors (Lipinski definition) is 2. The summed E-state index contributed by atoms with van der Waals surface area (Å²) in [6.07, 6.45) is 5.94. The molecule has 1 heterocycles. The number of hydrogen-bond donors (Lipinski definition) is 1. The molecule has 0 unspecified atom stereocenters. The highest BCUT2D eigenvalue weighted by molar-refractivity contribution is 5.43. The number of anilines is 1. The van der Waals surface area contributed by atoms with Gasteiger partial charge in [-0.3, -0.25) is 0 Å². The average molecular weight is 249 g/mol. The van der Waals surface area contributed by atoms with Crippen molar-refractivity contribution in [2.45, 2.75) is 25.4 Å². The highest BCUT2D eigenvalue weighted by Crippen LogP contribution is 2.35. The Morgan fingerprint density at radius 3 is 2.61 bits per heavy atom. The molecule has 5 heteroatoms. The van der Waals surface area contributed by atoms with E-state index in [1.807, 2.05) is 0 Å². The van der Waals surface area contributed by atoms with Crippen molar-refractivity contribution >= 4 is 5.69 Å². The van der Waals surface area contributed by atoms with Gasteiger partial charge in [-0.25, -0.2) is 13.8 Å². The van der Waals surface area contributed by atoms with Crippen molar-refractivity contribution in [1.29, 1.82) is 0 Å². The zero-order valence-electron chi connectivity index (χ0n) is 9.74. The lowest BCUT2D eigenvalue weighted by atomic mass is 10.3. The van der Waals surface area contributed by atoms with Crippen molar-refractivity contribution in [3.05, 3.63) is 48.1 Å². The highest BCUT2D eigenvalue weighted by atomic mass is 19.1. The minimum absolute atomic E-state index is 0.441. The maximum atomic E-state index is 13.0. The molecule has 1 aliphatic rings.